The fourth-order valence-corrected chi connectivity index (χ4v) is 2.45. The number of nitro benzene ring substituents is 1. The summed E-state index contributed by atoms with van der Waals surface area (Å²) in [6.07, 6.45) is 0. The fraction of sp³-hybridized carbons (Fsp3) is 0.462. The summed E-state index contributed by atoms with van der Waals surface area (Å²) in [5.74, 6) is -0.544. The van der Waals surface area contributed by atoms with Crippen molar-refractivity contribution in [2.75, 3.05) is 6.61 Å². The van der Waals surface area contributed by atoms with E-state index in [1.807, 2.05) is 20.8 Å². The second-order valence-electron chi connectivity index (χ2n) is 4.87. The zero-order valence-electron chi connectivity index (χ0n) is 11.4. The Labute approximate surface area is 116 Å². The number of hydrogen-bond acceptors (Lipinski definition) is 5. The Balaban J connectivity index is 3.15. The summed E-state index contributed by atoms with van der Waals surface area (Å²) < 4.78 is 4.69. The van der Waals surface area contributed by atoms with E-state index < -0.39 is 10.9 Å². The normalized spacial score (nSPS) is 11.2. The van der Waals surface area contributed by atoms with Crippen LogP contribution in [0.25, 0.3) is 0 Å². The number of carbonyl (C=O) groups excluding carboxylic acids is 1. The van der Waals surface area contributed by atoms with Crippen molar-refractivity contribution in [3.05, 3.63) is 33.9 Å². The molecule has 0 aliphatic carbocycles. The molecule has 0 aromatic heterocycles. The van der Waals surface area contributed by atoms with Gasteiger partial charge in [-0.05, 0) is 19.1 Å². The number of rotatable bonds is 4. The van der Waals surface area contributed by atoms with Gasteiger partial charge in [-0.2, -0.15) is 0 Å². The maximum atomic E-state index is 11.6. The molecule has 0 N–H and O–H groups in total. The largest absolute Gasteiger partial charge is 0.462 e. The molecule has 0 amide bonds. The molecule has 0 saturated heterocycles. The van der Waals surface area contributed by atoms with Crippen molar-refractivity contribution in [1.29, 1.82) is 0 Å². The van der Waals surface area contributed by atoms with E-state index in [1.165, 1.54) is 17.8 Å². The highest BCUT2D eigenvalue weighted by Crippen LogP contribution is 2.38. The highest BCUT2D eigenvalue weighted by molar-refractivity contribution is 8.00. The van der Waals surface area contributed by atoms with E-state index in [4.69, 9.17) is 4.74 Å². The van der Waals surface area contributed by atoms with E-state index in [2.05, 4.69) is 0 Å². The van der Waals surface area contributed by atoms with Crippen LogP contribution in [0.1, 0.15) is 38.1 Å². The second-order valence-corrected chi connectivity index (χ2v) is 6.74. The lowest BCUT2D eigenvalue weighted by molar-refractivity contribution is -0.387. The van der Waals surface area contributed by atoms with E-state index in [-0.39, 0.29) is 22.6 Å². The topological polar surface area (TPSA) is 69.4 Å². The summed E-state index contributed by atoms with van der Waals surface area (Å²) >= 11 is 1.40. The van der Waals surface area contributed by atoms with E-state index in [0.717, 1.165) is 0 Å². The van der Waals surface area contributed by atoms with Crippen molar-refractivity contribution in [2.45, 2.75) is 37.3 Å². The van der Waals surface area contributed by atoms with Crippen molar-refractivity contribution in [2.24, 2.45) is 0 Å². The van der Waals surface area contributed by atoms with Gasteiger partial charge in [0.15, 0.2) is 0 Å². The molecule has 0 bridgehead atoms. The molecule has 19 heavy (non-hydrogen) atoms. The lowest BCUT2D eigenvalue weighted by Crippen LogP contribution is -2.09. The average Bonchev–Trinajstić information content (AvgIpc) is 2.27. The Kier molecular flexibility index (Phi) is 4.94. The molecule has 1 aromatic rings. The molecule has 0 heterocycles. The Hall–Kier alpha value is -1.56. The number of nitrogens with zero attached hydrogens (tertiary/aromatic N) is 1. The summed E-state index contributed by atoms with van der Waals surface area (Å²) in [6.45, 7) is 7.85. The summed E-state index contributed by atoms with van der Waals surface area (Å²) in [5, 5.41) is 11.1. The zero-order valence-corrected chi connectivity index (χ0v) is 12.2. The molecule has 1 aromatic carbocycles. The van der Waals surface area contributed by atoms with E-state index in [0.29, 0.717) is 4.90 Å². The number of thioether (sulfide) groups is 1. The van der Waals surface area contributed by atoms with Crippen LogP contribution in [-0.4, -0.2) is 22.2 Å². The second kappa shape index (κ2) is 6.06. The van der Waals surface area contributed by atoms with E-state index >= 15 is 0 Å². The van der Waals surface area contributed by atoms with E-state index in [1.54, 1.807) is 19.1 Å². The number of hydrogen-bond donors (Lipinski definition) is 0. The van der Waals surface area contributed by atoms with Crippen molar-refractivity contribution in [3.8, 4) is 0 Å². The third-order valence-electron chi connectivity index (χ3n) is 2.08. The maximum Gasteiger partial charge on any atom is 0.338 e. The SMILES string of the molecule is CCOC(=O)c1ccc(SC(C)(C)C)c([N+](=O)[O-])c1. The van der Waals surface area contributed by atoms with Crippen LogP contribution in [0, 0.1) is 10.1 Å². The van der Waals surface area contributed by atoms with Crippen LogP contribution >= 0.6 is 11.8 Å². The van der Waals surface area contributed by atoms with Gasteiger partial charge >= 0.3 is 5.97 Å². The van der Waals surface area contributed by atoms with Crippen LogP contribution in [-0.2, 0) is 4.74 Å². The molecule has 0 spiro atoms. The molecule has 5 nitrogen and oxygen atoms in total. The van der Waals surface area contributed by atoms with E-state index in [9.17, 15) is 14.9 Å². The first-order valence-electron chi connectivity index (χ1n) is 5.89. The van der Waals surface area contributed by atoms with Gasteiger partial charge < -0.3 is 4.74 Å². The molecule has 0 aliphatic rings. The van der Waals surface area contributed by atoms with Gasteiger partial charge in [-0.25, -0.2) is 4.79 Å². The average molecular weight is 283 g/mol. The van der Waals surface area contributed by atoms with Crippen molar-refractivity contribution < 1.29 is 14.5 Å². The molecule has 104 valence electrons. The van der Waals surface area contributed by atoms with Crippen molar-refractivity contribution in [3.63, 3.8) is 0 Å². The predicted octanol–water partition coefficient (Wildman–Crippen LogP) is 3.66. The van der Waals surface area contributed by atoms with Gasteiger partial charge in [0.05, 0.1) is 22.0 Å². The zero-order chi connectivity index (χ0) is 14.6. The number of benzene rings is 1. The molecule has 1 rings (SSSR count). The Morgan fingerprint density at radius 3 is 2.53 bits per heavy atom. The number of nitro groups is 1. The van der Waals surface area contributed by atoms with Crippen LogP contribution in [0.4, 0.5) is 5.69 Å². The molecule has 0 radical (unpaired) electrons. The molecule has 0 saturated carbocycles. The van der Waals surface area contributed by atoms with Crippen molar-refractivity contribution in [1.82, 2.24) is 0 Å². The molecular weight excluding hydrogens is 266 g/mol. The number of ether oxygens (including phenoxy) is 1. The first-order chi connectivity index (χ1) is 8.74. The van der Waals surface area contributed by atoms with Crippen LogP contribution in [0.2, 0.25) is 0 Å². The van der Waals surface area contributed by atoms with Gasteiger partial charge in [0.25, 0.3) is 5.69 Å². The summed E-state index contributed by atoms with van der Waals surface area (Å²) in [5.41, 5.74) is 0.136. The molecule has 0 unspecified atom stereocenters. The van der Waals surface area contributed by atoms with Gasteiger partial charge in [0, 0.05) is 10.8 Å². The fourth-order valence-electron chi connectivity index (χ4n) is 1.42. The van der Waals surface area contributed by atoms with Gasteiger partial charge in [-0.15, -0.1) is 11.8 Å². The molecular formula is C13H17NO4S. The molecule has 0 aliphatic heterocycles. The Bertz CT molecular complexity index is 494. The van der Waals surface area contributed by atoms with Gasteiger partial charge in [-0.1, -0.05) is 20.8 Å². The van der Waals surface area contributed by atoms with Crippen LogP contribution in [0.5, 0.6) is 0 Å². The minimum absolute atomic E-state index is 0.0644. The summed E-state index contributed by atoms with van der Waals surface area (Å²) in [6, 6.07) is 4.42. The minimum atomic E-state index is -0.544. The first kappa shape index (κ1) is 15.5. The highest BCUT2D eigenvalue weighted by Gasteiger charge is 2.22. The van der Waals surface area contributed by atoms with Crippen LogP contribution in [0.3, 0.4) is 0 Å². The third-order valence-corrected chi connectivity index (χ3v) is 3.26. The summed E-state index contributed by atoms with van der Waals surface area (Å²) in [4.78, 5) is 22.7. The standard InChI is InChI=1S/C13H17NO4S/c1-5-18-12(15)9-6-7-11(19-13(2,3)4)10(8-9)14(16)17/h6-8H,5H2,1-4H3. The van der Waals surface area contributed by atoms with Crippen LogP contribution < -0.4 is 0 Å². The Morgan fingerprint density at radius 2 is 2.05 bits per heavy atom. The highest BCUT2D eigenvalue weighted by atomic mass is 32.2. The first-order valence-corrected chi connectivity index (χ1v) is 6.71. The summed E-state index contributed by atoms with van der Waals surface area (Å²) in [7, 11) is 0. The lowest BCUT2D eigenvalue weighted by atomic mass is 10.2. The van der Waals surface area contributed by atoms with Gasteiger partial charge in [0.1, 0.15) is 0 Å². The number of carbonyl (C=O) groups is 1. The molecule has 0 fully saturated rings. The lowest BCUT2D eigenvalue weighted by Gasteiger charge is -2.17. The Morgan fingerprint density at radius 1 is 1.42 bits per heavy atom. The maximum absolute atomic E-state index is 11.6. The molecule has 6 heteroatoms. The smallest absolute Gasteiger partial charge is 0.338 e. The van der Waals surface area contributed by atoms with Crippen LogP contribution in [0.15, 0.2) is 23.1 Å². The van der Waals surface area contributed by atoms with Gasteiger partial charge in [0.2, 0.25) is 0 Å². The predicted molar refractivity (Wildman–Crippen MR) is 74.7 cm³/mol. The monoisotopic (exact) mass is 283 g/mol. The number of esters is 1. The van der Waals surface area contributed by atoms with Crippen molar-refractivity contribution >= 4 is 23.4 Å². The quantitative estimate of drug-likeness (QED) is 0.365. The molecule has 0 atom stereocenters. The minimum Gasteiger partial charge on any atom is -0.462 e. The van der Waals surface area contributed by atoms with Gasteiger partial charge in [-0.3, -0.25) is 10.1 Å². The third kappa shape index (κ3) is 4.55.